The quantitative estimate of drug-likeness (QED) is 0.516. The maximum Gasteiger partial charge on any atom is 0.224 e. The normalized spacial score (nSPS) is 11.0. The fourth-order valence-electron chi connectivity index (χ4n) is 2.98. The van der Waals surface area contributed by atoms with Crippen LogP contribution in [-0.4, -0.2) is 20.7 Å². The number of hydrogen-bond acceptors (Lipinski definition) is 4. The highest BCUT2D eigenvalue weighted by atomic mass is 32.1. The van der Waals surface area contributed by atoms with Crippen LogP contribution in [-0.2, 0) is 17.8 Å². The van der Waals surface area contributed by atoms with Crippen molar-refractivity contribution in [2.24, 2.45) is 0 Å². The van der Waals surface area contributed by atoms with Crippen LogP contribution in [0.5, 0.6) is 0 Å². The summed E-state index contributed by atoms with van der Waals surface area (Å²) >= 11 is 1.71. The van der Waals surface area contributed by atoms with E-state index < -0.39 is 0 Å². The number of thiazole rings is 1. The molecule has 0 bridgehead atoms. The van der Waals surface area contributed by atoms with Gasteiger partial charge in [0.25, 0.3) is 0 Å². The van der Waals surface area contributed by atoms with Gasteiger partial charge in [0, 0.05) is 24.5 Å². The molecule has 0 atom stereocenters. The van der Waals surface area contributed by atoms with Gasteiger partial charge in [0.1, 0.15) is 0 Å². The van der Waals surface area contributed by atoms with Crippen molar-refractivity contribution >= 4 is 33.1 Å². The van der Waals surface area contributed by atoms with Crippen molar-refractivity contribution < 1.29 is 4.79 Å². The molecule has 2 aromatic carbocycles. The number of rotatable bonds is 7. The molecule has 4 rings (SSSR count). The van der Waals surface area contributed by atoms with Gasteiger partial charge in [0.15, 0.2) is 0 Å². The highest BCUT2D eigenvalue weighted by Gasteiger charge is 2.07. The van der Waals surface area contributed by atoms with Gasteiger partial charge in [0.05, 0.1) is 21.8 Å². The second kappa shape index (κ2) is 8.14. The molecule has 1 N–H and O–H groups in total. The second-order valence-electron chi connectivity index (χ2n) is 6.38. The molecule has 0 aliphatic carbocycles. The number of carbonyl (C=O) groups is 1. The van der Waals surface area contributed by atoms with Crippen molar-refractivity contribution in [2.75, 3.05) is 5.32 Å². The smallest absolute Gasteiger partial charge is 0.224 e. The molecule has 4 aromatic rings. The number of hydrogen-bond donors (Lipinski definition) is 1. The zero-order valence-electron chi connectivity index (χ0n) is 14.8. The maximum atomic E-state index is 12.3. The van der Waals surface area contributed by atoms with Gasteiger partial charge in [-0.05, 0) is 48.7 Å². The van der Waals surface area contributed by atoms with E-state index in [1.807, 2.05) is 59.4 Å². The van der Waals surface area contributed by atoms with Gasteiger partial charge in [-0.25, -0.2) is 4.98 Å². The van der Waals surface area contributed by atoms with Crippen LogP contribution in [0.4, 0.5) is 5.69 Å². The molecule has 0 saturated carbocycles. The molecule has 0 unspecified atom stereocenters. The summed E-state index contributed by atoms with van der Waals surface area (Å²) in [6.07, 6.45) is 5.79. The third-order valence-electron chi connectivity index (χ3n) is 4.25. The van der Waals surface area contributed by atoms with Crippen LogP contribution in [0, 0.1) is 0 Å². The van der Waals surface area contributed by atoms with E-state index in [2.05, 4.69) is 21.5 Å². The molecule has 2 aromatic heterocycles. The Morgan fingerprint density at radius 3 is 2.89 bits per heavy atom. The van der Waals surface area contributed by atoms with Gasteiger partial charge in [-0.1, -0.05) is 24.3 Å². The van der Waals surface area contributed by atoms with Crippen LogP contribution in [0.25, 0.3) is 10.2 Å². The van der Waals surface area contributed by atoms with Crippen LogP contribution in [0.3, 0.4) is 0 Å². The number of aromatic nitrogens is 3. The van der Waals surface area contributed by atoms with Crippen LogP contribution in [0.2, 0.25) is 0 Å². The third kappa shape index (κ3) is 4.60. The van der Waals surface area contributed by atoms with Gasteiger partial charge in [-0.2, -0.15) is 5.10 Å². The number of benzene rings is 2. The molecule has 1 amide bonds. The van der Waals surface area contributed by atoms with E-state index in [1.54, 1.807) is 17.5 Å². The Hall–Kier alpha value is -2.99. The first-order chi connectivity index (χ1) is 13.3. The fraction of sp³-hybridized carbons (Fsp3) is 0.190. The maximum absolute atomic E-state index is 12.3. The van der Waals surface area contributed by atoms with Gasteiger partial charge in [-0.3, -0.25) is 9.48 Å². The van der Waals surface area contributed by atoms with E-state index in [0.717, 1.165) is 34.6 Å². The van der Waals surface area contributed by atoms with Crippen molar-refractivity contribution in [1.82, 2.24) is 14.8 Å². The minimum atomic E-state index is 0.0346. The number of aryl methyl sites for hydroxylation is 1. The summed E-state index contributed by atoms with van der Waals surface area (Å²) in [7, 11) is 0. The number of amides is 1. The Morgan fingerprint density at radius 1 is 1.11 bits per heavy atom. The van der Waals surface area contributed by atoms with Crippen molar-refractivity contribution in [1.29, 1.82) is 0 Å². The number of carbonyl (C=O) groups excluding carboxylic acids is 1. The molecule has 0 aliphatic heterocycles. The van der Waals surface area contributed by atoms with Gasteiger partial charge in [-0.15, -0.1) is 11.3 Å². The third-order valence-corrected chi connectivity index (χ3v) is 5.34. The molecule has 0 radical (unpaired) electrons. The lowest BCUT2D eigenvalue weighted by atomic mass is 10.2. The van der Waals surface area contributed by atoms with E-state index in [1.165, 1.54) is 4.70 Å². The molecule has 0 aliphatic rings. The minimum Gasteiger partial charge on any atom is -0.326 e. The highest BCUT2D eigenvalue weighted by molar-refractivity contribution is 7.18. The van der Waals surface area contributed by atoms with E-state index in [4.69, 9.17) is 0 Å². The van der Waals surface area contributed by atoms with Crippen LogP contribution in [0.1, 0.15) is 23.4 Å². The average Bonchev–Trinajstić information content (AvgIpc) is 3.31. The minimum absolute atomic E-state index is 0.0346. The lowest BCUT2D eigenvalue weighted by Gasteiger charge is -2.07. The molecule has 0 spiro atoms. The summed E-state index contributed by atoms with van der Waals surface area (Å²) in [5.74, 6) is 0.0346. The molecular formula is C21H20N4OS. The van der Waals surface area contributed by atoms with E-state index >= 15 is 0 Å². The summed E-state index contributed by atoms with van der Waals surface area (Å²) < 4.78 is 3.06. The van der Waals surface area contributed by atoms with Gasteiger partial charge >= 0.3 is 0 Å². The molecule has 0 fully saturated rings. The Morgan fingerprint density at radius 2 is 2.04 bits per heavy atom. The number of para-hydroxylation sites is 1. The molecular weight excluding hydrogens is 356 g/mol. The first-order valence-corrected chi connectivity index (χ1v) is 9.78. The van der Waals surface area contributed by atoms with Crippen molar-refractivity contribution in [2.45, 2.75) is 25.8 Å². The predicted molar refractivity (Wildman–Crippen MR) is 109 cm³/mol. The van der Waals surface area contributed by atoms with Crippen molar-refractivity contribution in [3.63, 3.8) is 0 Å². The summed E-state index contributed by atoms with van der Waals surface area (Å²) in [4.78, 5) is 16.9. The Bertz CT molecular complexity index is 1010. The molecule has 6 heteroatoms. The topological polar surface area (TPSA) is 59.8 Å². The number of nitrogens with one attached hydrogen (secondary N) is 1. The molecule has 136 valence electrons. The summed E-state index contributed by atoms with van der Waals surface area (Å²) in [5, 5.41) is 8.29. The predicted octanol–water partition coefficient (Wildman–Crippen LogP) is 4.50. The van der Waals surface area contributed by atoms with Crippen LogP contribution >= 0.6 is 11.3 Å². The Labute approximate surface area is 161 Å². The Balaban J connectivity index is 1.29. The second-order valence-corrected chi connectivity index (χ2v) is 7.50. The standard InChI is InChI=1S/C21H20N4OS/c26-20(10-4-11-21-24-18-8-1-2-9-19(18)27-21)23-17-7-3-6-16(14-17)15-25-13-5-12-22-25/h1-3,5-9,12-14H,4,10-11,15H2,(H,23,26). The highest BCUT2D eigenvalue weighted by Crippen LogP contribution is 2.22. The summed E-state index contributed by atoms with van der Waals surface area (Å²) in [6, 6.07) is 17.9. The van der Waals surface area contributed by atoms with Crippen LogP contribution < -0.4 is 5.32 Å². The molecule has 5 nitrogen and oxygen atoms in total. The van der Waals surface area contributed by atoms with E-state index in [-0.39, 0.29) is 5.91 Å². The van der Waals surface area contributed by atoms with Crippen LogP contribution in [0.15, 0.2) is 67.0 Å². The molecule has 0 saturated heterocycles. The number of fused-ring (bicyclic) bond motifs is 1. The van der Waals surface area contributed by atoms with Gasteiger partial charge in [0.2, 0.25) is 5.91 Å². The zero-order chi connectivity index (χ0) is 18.5. The van der Waals surface area contributed by atoms with Crippen molar-refractivity contribution in [3.05, 3.63) is 77.6 Å². The van der Waals surface area contributed by atoms with Crippen molar-refractivity contribution in [3.8, 4) is 0 Å². The lowest BCUT2D eigenvalue weighted by Crippen LogP contribution is -2.12. The lowest BCUT2D eigenvalue weighted by molar-refractivity contribution is -0.116. The zero-order valence-corrected chi connectivity index (χ0v) is 15.7. The number of anilines is 1. The summed E-state index contributed by atoms with van der Waals surface area (Å²) in [5.41, 5.74) is 2.96. The molecule has 2 heterocycles. The monoisotopic (exact) mass is 376 g/mol. The Kier molecular flexibility index (Phi) is 5.25. The average molecular weight is 376 g/mol. The van der Waals surface area contributed by atoms with E-state index in [9.17, 15) is 4.79 Å². The molecule has 27 heavy (non-hydrogen) atoms. The largest absolute Gasteiger partial charge is 0.326 e. The number of nitrogens with zero attached hydrogens (tertiary/aromatic N) is 3. The van der Waals surface area contributed by atoms with Gasteiger partial charge < -0.3 is 5.32 Å². The first kappa shape index (κ1) is 17.4. The SMILES string of the molecule is O=C(CCCc1nc2ccccc2s1)Nc1cccc(Cn2cccn2)c1. The van der Waals surface area contributed by atoms with E-state index in [0.29, 0.717) is 13.0 Å². The first-order valence-electron chi connectivity index (χ1n) is 8.97. The summed E-state index contributed by atoms with van der Waals surface area (Å²) in [6.45, 7) is 0.689. The fourth-order valence-corrected chi connectivity index (χ4v) is 3.99.